The Bertz CT molecular complexity index is 579. The summed E-state index contributed by atoms with van der Waals surface area (Å²) >= 11 is 0. The highest BCUT2D eigenvalue weighted by Gasteiger charge is 2.34. The minimum absolute atomic E-state index is 0.633. The van der Waals surface area contributed by atoms with Crippen LogP contribution in [-0.4, -0.2) is 55.2 Å². The van der Waals surface area contributed by atoms with Gasteiger partial charge in [-0.3, -0.25) is 4.90 Å². The standard InChI is InChI=1S/C16H21N5/c17-9-13-8-12-2-1-3-15(12)19-16(13)21-10-14(11-21)20-6-4-18-5-7-20/h8,14,18H,1-7,10-11H2. The molecular weight excluding hydrogens is 262 g/mol. The first-order valence-electron chi connectivity index (χ1n) is 7.98. The quantitative estimate of drug-likeness (QED) is 0.858. The maximum atomic E-state index is 9.40. The zero-order valence-electron chi connectivity index (χ0n) is 12.3. The van der Waals surface area contributed by atoms with E-state index in [1.54, 1.807) is 0 Å². The second-order valence-electron chi connectivity index (χ2n) is 6.28. The van der Waals surface area contributed by atoms with Gasteiger partial charge in [0.05, 0.1) is 5.56 Å². The number of aryl methyl sites for hydroxylation is 2. The average molecular weight is 283 g/mol. The van der Waals surface area contributed by atoms with E-state index in [4.69, 9.17) is 4.98 Å². The first-order chi connectivity index (χ1) is 10.3. The van der Waals surface area contributed by atoms with Crippen molar-refractivity contribution in [3.63, 3.8) is 0 Å². The van der Waals surface area contributed by atoms with Crippen molar-refractivity contribution in [2.45, 2.75) is 25.3 Å². The van der Waals surface area contributed by atoms with Crippen LogP contribution in [0.1, 0.15) is 23.2 Å². The van der Waals surface area contributed by atoms with E-state index >= 15 is 0 Å². The normalized spacial score (nSPS) is 22.7. The molecule has 0 amide bonds. The number of nitriles is 1. The van der Waals surface area contributed by atoms with Crippen LogP contribution in [0, 0.1) is 11.3 Å². The molecule has 110 valence electrons. The second-order valence-corrected chi connectivity index (χ2v) is 6.28. The van der Waals surface area contributed by atoms with Crippen LogP contribution < -0.4 is 10.2 Å². The molecule has 1 aromatic heterocycles. The molecule has 4 rings (SSSR count). The zero-order valence-corrected chi connectivity index (χ0v) is 12.3. The fourth-order valence-electron chi connectivity index (χ4n) is 3.69. The highest BCUT2D eigenvalue weighted by atomic mass is 15.3. The van der Waals surface area contributed by atoms with E-state index in [2.05, 4.69) is 27.3 Å². The molecule has 0 atom stereocenters. The molecule has 1 N–H and O–H groups in total. The fraction of sp³-hybridized carbons (Fsp3) is 0.625. The Hall–Kier alpha value is -1.64. The van der Waals surface area contributed by atoms with Crippen LogP contribution in [0.2, 0.25) is 0 Å². The molecule has 0 aromatic carbocycles. The van der Waals surface area contributed by atoms with Crippen LogP contribution in [0.4, 0.5) is 5.82 Å². The number of piperazine rings is 1. The number of hydrogen-bond donors (Lipinski definition) is 1. The van der Waals surface area contributed by atoms with Crippen molar-refractivity contribution < 1.29 is 0 Å². The van der Waals surface area contributed by atoms with Gasteiger partial charge in [0, 0.05) is 51.0 Å². The molecule has 1 aliphatic carbocycles. The maximum Gasteiger partial charge on any atom is 0.146 e. The first-order valence-corrected chi connectivity index (χ1v) is 7.98. The van der Waals surface area contributed by atoms with Gasteiger partial charge in [0.25, 0.3) is 0 Å². The summed E-state index contributed by atoms with van der Waals surface area (Å²) < 4.78 is 0. The summed E-state index contributed by atoms with van der Waals surface area (Å²) in [7, 11) is 0. The van der Waals surface area contributed by atoms with Gasteiger partial charge in [-0.1, -0.05) is 0 Å². The average Bonchev–Trinajstić information content (AvgIpc) is 2.93. The van der Waals surface area contributed by atoms with Gasteiger partial charge < -0.3 is 10.2 Å². The van der Waals surface area contributed by atoms with E-state index in [-0.39, 0.29) is 0 Å². The zero-order chi connectivity index (χ0) is 14.2. The summed E-state index contributed by atoms with van der Waals surface area (Å²) in [6.45, 7) is 6.50. The Balaban J connectivity index is 1.49. The van der Waals surface area contributed by atoms with E-state index in [9.17, 15) is 5.26 Å². The highest BCUT2D eigenvalue weighted by molar-refractivity contribution is 5.58. The lowest BCUT2D eigenvalue weighted by Crippen LogP contribution is -2.63. The highest BCUT2D eigenvalue weighted by Crippen LogP contribution is 2.30. The first kappa shape index (κ1) is 13.1. The molecule has 2 saturated heterocycles. The van der Waals surface area contributed by atoms with Gasteiger partial charge in [-0.15, -0.1) is 0 Å². The van der Waals surface area contributed by atoms with Crippen molar-refractivity contribution in [1.82, 2.24) is 15.2 Å². The fourth-order valence-corrected chi connectivity index (χ4v) is 3.69. The van der Waals surface area contributed by atoms with Crippen LogP contribution in [-0.2, 0) is 12.8 Å². The molecule has 0 radical (unpaired) electrons. The molecule has 5 nitrogen and oxygen atoms in total. The number of nitrogens with zero attached hydrogens (tertiary/aromatic N) is 4. The topological polar surface area (TPSA) is 55.2 Å². The summed E-state index contributed by atoms with van der Waals surface area (Å²) in [5, 5.41) is 12.8. The molecule has 0 unspecified atom stereocenters. The molecule has 3 aliphatic rings. The van der Waals surface area contributed by atoms with Crippen LogP contribution in [0.15, 0.2) is 6.07 Å². The summed E-state index contributed by atoms with van der Waals surface area (Å²) in [4.78, 5) is 9.64. The monoisotopic (exact) mass is 283 g/mol. The molecule has 2 aliphatic heterocycles. The van der Waals surface area contributed by atoms with Gasteiger partial charge >= 0.3 is 0 Å². The third-order valence-electron chi connectivity index (χ3n) is 4.98. The van der Waals surface area contributed by atoms with Crippen molar-refractivity contribution in [2.24, 2.45) is 0 Å². The third kappa shape index (κ3) is 2.29. The van der Waals surface area contributed by atoms with Gasteiger partial charge in [-0.25, -0.2) is 4.98 Å². The minimum atomic E-state index is 0.633. The van der Waals surface area contributed by atoms with E-state index < -0.39 is 0 Å². The van der Waals surface area contributed by atoms with E-state index in [0.717, 1.165) is 63.5 Å². The minimum Gasteiger partial charge on any atom is -0.352 e. The van der Waals surface area contributed by atoms with Gasteiger partial charge in [-0.05, 0) is 30.9 Å². The molecule has 0 saturated carbocycles. The molecule has 3 heterocycles. The Morgan fingerprint density at radius 2 is 2.05 bits per heavy atom. The molecule has 21 heavy (non-hydrogen) atoms. The second kappa shape index (κ2) is 5.28. The number of fused-ring (bicyclic) bond motifs is 1. The molecular formula is C16H21N5. The Labute approximate surface area is 125 Å². The van der Waals surface area contributed by atoms with Gasteiger partial charge in [-0.2, -0.15) is 5.26 Å². The molecule has 0 bridgehead atoms. The summed E-state index contributed by atoms with van der Waals surface area (Å²) in [5.41, 5.74) is 3.26. The Kier molecular flexibility index (Phi) is 3.28. The largest absolute Gasteiger partial charge is 0.352 e. The smallest absolute Gasteiger partial charge is 0.146 e. The molecule has 0 spiro atoms. The van der Waals surface area contributed by atoms with Crippen molar-refractivity contribution in [1.29, 1.82) is 5.26 Å². The summed E-state index contributed by atoms with van der Waals surface area (Å²) in [6.07, 6.45) is 3.34. The molecule has 5 heteroatoms. The Morgan fingerprint density at radius 1 is 1.24 bits per heavy atom. The summed E-state index contributed by atoms with van der Waals surface area (Å²) in [6, 6.07) is 5.05. The number of anilines is 1. The van der Waals surface area contributed by atoms with Gasteiger partial charge in [0.2, 0.25) is 0 Å². The molecule has 1 aromatic rings. The number of nitrogens with one attached hydrogen (secondary N) is 1. The lowest BCUT2D eigenvalue weighted by atomic mass is 10.0. The maximum absolute atomic E-state index is 9.40. The SMILES string of the molecule is N#Cc1cc2c(nc1N1CC(N3CCNCC3)C1)CCC2. The predicted octanol–water partition coefficient (Wildman–Crippen LogP) is 0.536. The lowest BCUT2D eigenvalue weighted by molar-refractivity contribution is 0.147. The van der Waals surface area contributed by atoms with Crippen LogP contribution in [0.5, 0.6) is 0 Å². The van der Waals surface area contributed by atoms with E-state index in [0.29, 0.717) is 6.04 Å². The number of hydrogen-bond acceptors (Lipinski definition) is 5. The predicted molar refractivity (Wildman–Crippen MR) is 81.4 cm³/mol. The van der Waals surface area contributed by atoms with Crippen molar-refractivity contribution >= 4 is 5.82 Å². The van der Waals surface area contributed by atoms with Gasteiger partial charge in [0.15, 0.2) is 0 Å². The lowest BCUT2D eigenvalue weighted by Gasteiger charge is -2.47. The Morgan fingerprint density at radius 3 is 2.81 bits per heavy atom. The van der Waals surface area contributed by atoms with Crippen molar-refractivity contribution in [3.8, 4) is 6.07 Å². The van der Waals surface area contributed by atoms with Crippen molar-refractivity contribution in [3.05, 3.63) is 22.9 Å². The van der Waals surface area contributed by atoms with Crippen molar-refractivity contribution in [2.75, 3.05) is 44.2 Å². The molecule has 2 fully saturated rings. The van der Waals surface area contributed by atoms with Crippen LogP contribution in [0.3, 0.4) is 0 Å². The van der Waals surface area contributed by atoms with E-state index in [1.807, 2.05) is 0 Å². The number of rotatable bonds is 2. The summed E-state index contributed by atoms with van der Waals surface area (Å²) in [5.74, 6) is 0.921. The van der Waals surface area contributed by atoms with E-state index in [1.165, 1.54) is 17.7 Å². The third-order valence-corrected chi connectivity index (χ3v) is 4.98. The van der Waals surface area contributed by atoms with Gasteiger partial charge in [0.1, 0.15) is 11.9 Å². The van der Waals surface area contributed by atoms with Crippen LogP contribution >= 0.6 is 0 Å². The van der Waals surface area contributed by atoms with Crippen LogP contribution in [0.25, 0.3) is 0 Å². The number of aromatic nitrogens is 1. The number of pyridine rings is 1.